The predicted octanol–water partition coefficient (Wildman–Crippen LogP) is 5.78. The fourth-order valence-electron chi connectivity index (χ4n) is 4.07. The highest BCUT2D eigenvalue weighted by Crippen LogP contribution is 2.30. The summed E-state index contributed by atoms with van der Waals surface area (Å²) in [6.45, 7) is 2.59. The van der Waals surface area contributed by atoms with Crippen LogP contribution in [0.5, 0.6) is 0 Å². The molecule has 34 heavy (non-hydrogen) atoms. The van der Waals surface area contributed by atoms with E-state index in [0.717, 1.165) is 48.8 Å². The molecule has 0 aliphatic carbocycles. The average molecular weight is 522 g/mol. The van der Waals surface area contributed by atoms with Gasteiger partial charge in [-0.05, 0) is 61.8 Å². The highest BCUT2D eigenvalue weighted by atomic mass is 35.5. The Bertz CT molecular complexity index is 1130. The summed E-state index contributed by atoms with van der Waals surface area (Å²) < 4.78 is 14.3. The molecule has 1 aromatic heterocycles. The molecule has 4 rings (SSSR count). The molecule has 5 nitrogen and oxygen atoms in total. The average Bonchev–Trinajstić information content (AvgIpc) is 2.83. The minimum absolute atomic E-state index is 0.124. The van der Waals surface area contributed by atoms with E-state index in [1.807, 2.05) is 24.3 Å². The zero-order chi connectivity index (χ0) is 24.1. The van der Waals surface area contributed by atoms with Crippen LogP contribution >= 0.6 is 34.8 Å². The van der Waals surface area contributed by atoms with E-state index >= 15 is 0 Å². The van der Waals surface area contributed by atoms with Gasteiger partial charge in [-0.3, -0.25) is 9.69 Å². The normalized spacial score (nSPS) is 19.8. The Morgan fingerprint density at radius 2 is 1.94 bits per heavy atom. The molecule has 0 saturated carbocycles. The molecular weight excluding hydrogens is 498 g/mol. The second-order valence-corrected chi connectivity index (χ2v) is 9.47. The van der Waals surface area contributed by atoms with E-state index in [1.54, 1.807) is 6.07 Å². The molecule has 9 heteroatoms. The molecule has 2 aliphatic heterocycles. The lowest BCUT2D eigenvalue weighted by atomic mass is 9.91. The maximum atomic E-state index is 14.3. The fourth-order valence-corrected chi connectivity index (χ4v) is 4.55. The van der Waals surface area contributed by atoms with Gasteiger partial charge >= 0.3 is 0 Å². The summed E-state index contributed by atoms with van der Waals surface area (Å²) in [6, 6.07) is 10.7. The molecule has 178 valence electrons. The van der Waals surface area contributed by atoms with E-state index in [-0.39, 0.29) is 17.0 Å². The molecule has 2 aromatic rings. The van der Waals surface area contributed by atoms with E-state index in [2.05, 4.69) is 32.7 Å². The van der Waals surface area contributed by atoms with Gasteiger partial charge in [-0.15, -0.1) is 0 Å². The van der Waals surface area contributed by atoms with Crippen LogP contribution in [0.15, 0.2) is 72.0 Å². The molecule has 0 spiro atoms. The van der Waals surface area contributed by atoms with Crippen LogP contribution in [0.25, 0.3) is 6.08 Å². The van der Waals surface area contributed by atoms with Gasteiger partial charge in [0.2, 0.25) is 0 Å². The van der Waals surface area contributed by atoms with Gasteiger partial charge in [0.15, 0.2) is 5.50 Å². The summed E-state index contributed by atoms with van der Waals surface area (Å²) in [7, 11) is 0. The molecule has 0 radical (unpaired) electrons. The van der Waals surface area contributed by atoms with Crippen molar-refractivity contribution in [1.82, 2.24) is 20.5 Å². The van der Waals surface area contributed by atoms with Crippen LogP contribution in [0, 0.1) is 5.92 Å². The van der Waals surface area contributed by atoms with E-state index in [4.69, 9.17) is 34.8 Å². The molecule has 2 aliphatic rings. The maximum absolute atomic E-state index is 14.3. The first kappa shape index (κ1) is 24.7. The Labute approximate surface area is 213 Å². The van der Waals surface area contributed by atoms with Crippen molar-refractivity contribution in [1.29, 1.82) is 0 Å². The number of aromatic nitrogens is 1. The molecule has 2 N–H and O–H groups in total. The van der Waals surface area contributed by atoms with Crippen LogP contribution in [0.1, 0.15) is 28.8 Å². The first-order valence-electron chi connectivity index (χ1n) is 11.0. The number of rotatable bonds is 6. The summed E-state index contributed by atoms with van der Waals surface area (Å²) >= 11 is 18.0. The van der Waals surface area contributed by atoms with E-state index in [9.17, 15) is 9.18 Å². The third-order valence-electron chi connectivity index (χ3n) is 5.87. The number of benzene rings is 1. The fraction of sp³-hybridized carbons (Fsp3) is 0.280. The van der Waals surface area contributed by atoms with Crippen LogP contribution in [-0.2, 0) is 0 Å². The van der Waals surface area contributed by atoms with Crippen molar-refractivity contribution in [3.8, 4) is 0 Å². The molecule has 1 saturated heterocycles. The number of hydrogen-bond donors (Lipinski definition) is 2. The van der Waals surface area contributed by atoms with Crippen molar-refractivity contribution < 1.29 is 9.18 Å². The van der Waals surface area contributed by atoms with Gasteiger partial charge in [-0.25, -0.2) is 9.37 Å². The Kier molecular flexibility index (Phi) is 8.27. The lowest BCUT2D eigenvalue weighted by Gasteiger charge is -2.35. The van der Waals surface area contributed by atoms with Crippen LogP contribution in [0.3, 0.4) is 0 Å². The molecule has 1 atom stereocenters. The Balaban J connectivity index is 1.40. The summed E-state index contributed by atoms with van der Waals surface area (Å²) in [5.41, 5.74) is 1.65. The number of hydrogen-bond acceptors (Lipinski definition) is 4. The molecular formula is C25H24Cl3FN4O. The summed E-state index contributed by atoms with van der Waals surface area (Å²) in [6.07, 6.45) is 8.69. The number of nitrogens with zero attached hydrogens (tertiary/aromatic N) is 2. The maximum Gasteiger partial charge on any atom is 0.255 e. The first-order chi connectivity index (χ1) is 16.4. The largest absolute Gasteiger partial charge is 0.365 e. The van der Waals surface area contributed by atoms with Gasteiger partial charge in [0.25, 0.3) is 5.91 Å². The van der Waals surface area contributed by atoms with Gasteiger partial charge in [0, 0.05) is 34.9 Å². The monoisotopic (exact) mass is 520 g/mol. The van der Waals surface area contributed by atoms with Crippen LogP contribution in [0.2, 0.25) is 10.2 Å². The van der Waals surface area contributed by atoms with E-state index in [1.165, 1.54) is 18.3 Å². The number of halogens is 4. The number of carbonyl (C=O) groups excluding carboxylic acids is 1. The van der Waals surface area contributed by atoms with Crippen LogP contribution in [-0.4, -0.2) is 40.9 Å². The number of amides is 1. The molecule has 1 amide bonds. The standard InChI is InChI=1S/C25H24Cl3FN4O/c26-19-5-3-16(4-6-19)2-1-11-33-12-8-17(9-13-33)23-21(15-20(29)24(28)32-23)31-25(34)18-7-10-30-22(27)14-18/h1-7,10,14-15,17,24,32H,8-9,11-13H2,(H,31,34)/b2-1+. The van der Waals surface area contributed by atoms with E-state index < -0.39 is 11.3 Å². The number of dihydropyridines is 1. The number of carbonyl (C=O) groups is 1. The number of likely N-dealkylation sites (tertiary alicyclic amines) is 1. The van der Waals surface area contributed by atoms with Crippen molar-refractivity contribution in [2.24, 2.45) is 5.92 Å². The third-order valence-corrected chi connectivity index (χ3v) is 6.65. The minimum atomic E-state index is -0.952. The minimum Gasteiger partial charge on any atom is -0.365 e. The van der Waals surface area contributed by atoms with Crippen molar-refractivity contribution in [3.63, 3.8) is 0 Å². The second-order valence-electron chi connectivity index (χ2n) is 8.21. The summed E-state index contributed by atoms with van der Waals surface area (Å²) in [4.78, 5) is 19.0. The van der Waals surface area contributed by atoms with Gasteiger partial charge in [0.1, 0.15) is 11.0 Å². The Morgan fingerprint density at radius 3 is 2.65 bits per heavy atom. The molecule has 1 unspecified atom stereocenters. The number of pyridine rings is 1. The number of piperidine rings is 1. The Morgan fingerprint density at radius 1 is 1.21 bits per heavy atom. The highest BCUT2D eigenvalue weighted by molar-refractivity contribution is 6.30. The van der Waals surface area contributed by atoms with Crippen molar-refractivity contribution in [3.05, 3.63) is 93.3 Å². The van der Waals surface area contributed by atoms with Crippen LogP contribution in [0.4, 0.5) is 4.39 Å². The van der Waals surface area contributed by atoms with Gasteiger partial charge in [-0.1, -0.05) is 59.1 Å². The van der Waals surface area contributed by atoms with Gasteiger partial charge in [-0.2, -0.15) is 0 Å². The topological polar surface area (TPSA) is 57.3 Å². The van der Waals surface area contributed by atoms with Gasteiger partial charge in [0.05, 0.1) is 5.70 Å². The molecule has 1 fully saturated rings. The Hall–Kier alpha value is -2.38. The lowest BCUT2D eigenvalue weighted by Crippen LogP contribution is -2.41. The predicted molar refractivity (Wildman–Crippen MR) is 135 cm³/mol. The molecule has 1 aromatic carbocycles. The second kappa shape index (κ2) is 11.4. The first-order valence-corrected chi connectivity index (χ1v) is 12.2. The van der Waals surface area contributed by atoms with Gasteiger partial charge < -0.3 is 10.6 Å². The zero-order valence-electron chi connectivity index (χ0n) is 18.3. The van der Waals surface area contributed by atoms with E-state index in [0.29, 0.717) is 11.3 Å². The lowest BCUT2D eigenvalue weighted by molar-refractivity contribution is 0.0965. The summed E-state index contributed by atoms with van der Waals surface area (Å²) in [5, 5.41) is 6.79. The number of nitrogens with one attached hydrogen (secondary N) is 2. The zero-order valence-corrected chi connectivity index (χ0v) is 20.5. The molecule has 0 bridgehead atoms. The third kappa shape index (κ3) is 6.39. The van der Waals surface area contributed by atoms with Crippen molar-refractivity contribution in [2.45, 2.75) is 18.3 Å². The summed E-state index contributed by atoms with van der Waals surface area (Å²) in [5.74, 6) is -0.808. The SMILES string of the molecule is O=C(NC1=C(C2CCN(C/C=C/c3ccc(Cl)cc3)CC2)NC(Cl)C(F)=C1)c1ccnc(Cl)c1. The smallest absolute Gasteiger partial charge is 0.255 e. The van der Waals surface area contributed by atoms with Crippen LogP contribution < -0.4 is 10.6 Å². The van der Waals surface area contributed by atoms with Crippen molar-refractivity contribution in [2.75, 3.05) is 19.6 Å². The highest BCUT2D eigenvalue weighted by Gasteiger charge is 2.30. The number of alkyl halides is 1. The van der Waals surface area contributed by atoms with Crippen molar-refractivity contribution >= 4 is 46.8 Å². The number of allylic oxidation sites excluding steroid dienone is 2. The quantitative estimate of drug-likeness (QED) is 0.288. The molecule has 3 heterocycles.